The van der Waals surface area contributed by atoms with Gasteiger partial charge in [-0.25, -0.2) is 4.79 Å². The van der Waals surface area contributed by atoms with Gasteiger partial charge in [0.1, 0.15) is 6.04 Å². The van der Waals surface area contributed by atoms with Crippen LogP contribution in [0.2, 0.25) is 0 Å². The Hall–Kier alpha value is -2.04. The van der Waals surface area contributed by atoms with Crippen LogP contribution < -0.4 is 10.6 Å². The zero-order valence-electron chi connectivity index (χ0n) is 16.2. The molecular weight excluding hydrogens is 326 g/mol. The van der Waals surface area contributed by atoms with Gasteiger partial charge in [0.05, 0.1) is 0 Å². The molecule has 5 nitrogen and oxygen atoms in total. The number of nitrogens with one attached hydrogen (secondary N) is 2. The molecule has 0 aromatic heterocycles. The molecule has 0 unspecified atom stereocenters. The molecule has 1 aliphatic carbocycles. The molecule has 0 radical (unpaired) electrons. The SMILES string of the molecule is CCCc1cccc(C(C)C)c1NC(=O)N1CCC[C@@H]1C(=O)NC1CC1. The Kier molecular flexibility index (Phi) is 5.84. The zero-order valence-corrected chi connectivity index (χ0v) is 16.2. The second kappa shape index (κ2) is 8.11. The fourth-order valence-electron chi connectivity index (χ4n) is 3.72. The molecule has 1 aromatic carbocycles. The Morgan fingerprint density at radius 2 is 2.00 bits per heavy atom. The van der Waals surface area contributed by atoms with Crippen molar-refractivity contribution in [3.63, 3.8) is 0 Å². The molecule has 1 saturated carbocycles. The second-order valence-electron chi connectivity index (χ2n) is 7.85. The lowest BCUT2D eigenvalue weighted by atomic mass is 9.96. The van der Waals surface area contributed by atoms with Gasteiger partial charge in [0.2, 0.25) is 5.91 Å². The number of para-hydroxylation sites is 1. The summed E-state index contributed by atoms with van der Waals surface area (Å²) in [6.45, 7) is 7.07. The summed E-state index contributed by atoms with van der Waals surface area (Å²) in [6.07, 6.45) is 5.71. The molecule has 26 heavy (non-hydrogen) atoms. The number of urea groups is 1. The van der Waals surface area contributed by atoms with E-state index in [1.165, 1.54) is 5.56 Å². The lowest BCUT2D eigenvalue weighted by molar-refractivity contribution is -0.124. The number of carbonyl (C=O) groups excluding carboxylic acids is 2. The summed E-state index contributed by atoms with van der Waals surface area (Å²) in [5, 5.41) is 6.19. The second-order valence-corrected chi connectivity index (χ2v) is 7.85. The van der Waals surface area contributed by atoms with E-state index < -0.39 is 0 Å². The quantitative estimate of drug-likeness (QED) is 0.807. The summed E-state index contributed by atoms with van der Waals surface area (Å²) < 4.78 is 0. The standard InChI is InChI=1S/C21H31N3O2/c1-4-7-15-8-5-9-17(14(2)3)19(15)23-21(26)24-13-6-10-18(24)20(25)22-16-11-12-16/h5,8-9,14,16,18H,4,6-7,10-13H2,1-3H3,(H,22,25)(H,23,26)/t18-/m1/s1. The maximum absolute atomic E-state index is 13.0. The highest BCUT2D eigenvalue weighted by Gasteiger charge is 2.36. The van der Waals surface area contributed by atoms with Gasteiger partial charge in [0, 0.05) is 18.3 Å². The normalized spacial score (nSPS) is 19.7. The summed E-state index contributed by atoms with van der Waals surface area (Å²) in [7, 11) is 0. The number of amides is 3. The van der Waals surface area contributed by atoms with E-state index in [2.05, 4.69) is 49.6 Å². The lowest BCUT2D eigenvalue weighted by Gasteiger charge is -2.26. The summed E-state index contributed by atoms with van der Waals surface area (Å²) >= 11 is 0. The first-order valence-electron chi connectivity index (χ1n) is 10.0. The fraction of sp³-hybridized carbons (Fsp3) is 0.619. The van der Waals surface area contributed by atoms with Crippen molar-refractivity contribution in [3.8, 4) is 0 Å². The highest BCUT2D eigenvalue weighted by Crippen LogP contribution is 2.30. The zero-order chi connectivity index (χ0) is 18.7. The van der Waals surface area contributed by atoms with E-state index in [9.17, 15) is 9.59 Å². The Morgan fingerprint density at radius 3 is 2.65 bits per heavy atom. The van der Waals surface area contributed by atoms with Crippen LogP contribution in [-0.4, -0.2) is 35.5 Å². The van der Waals surface area contributed by atoms with Crippen molar-refractivity contribution in [3.05, 3.63) is 29.3 Å². The van der Waals surface area contributed by atoms with E-state index in [4.69, 9.17) is 0 Å². The topological polar surface area (TPSA) is 61.4 Å². The minimum atomic E-state index is -0.337. The Balaban J connectivity index is 1.77. The van der Waals surface area contributed by atoms with Crippen LogP contribution in [0.4, 0.5) is 10.5 Å². The number of hydrogen-bond acceptors (Lipinski definition) is 2. The molecule has 1 atom stereocenters. The Labute approximate surface area is 156 Å². The molecule has 1 aliphatic heterocycles. The van der Waals surface area contributed by atoms with Gasteiger partial charge in [-0.1, -0.05) is 45.4 Å². The number of aryl methyl sites for hydroxylation is 1. The molecule has 2 aliphatic rings. The van der Waals surface area contributed by atoms with E-state index in [1.54, 1.807) is 4.90 Å². The molecule has 1 saturated heterocycles. The first-order valence-corrected chi connectivity index (χ1v) is 10.0. The molecule has 142 valence electrons. The molecule has 1 aromatic rings. The van der Waals surface area contributed by atoms with Gasteiger partial charge in [-0.05, 0) is 49.1 Å². The van der Waals surface area contributed by atoms with Crippen LogP contribution in [-0.2, 0) is 11.2 Å². The number of likely N-dealkylation sites (tertiary alicyclic amines) is 1. The number of rotatable bonds is 6. The molecule has 1 heterocycles. The average Bonchev–Trinajstić information content (AvgIpc) is 3.27. The summed E-state index contributed by atoms with van der Waals surface area (Å²) in [5.41, 5.74) is 3.26. The number of benzene rings is 1. The molecule has 5 heteroatoms. The van der Waals surface area contributed by atoms with Gasteiger partial charge < -0.3 is 15.5 Å². The molecule has 2 fully saturated rings. The van der Waals surface area contributed by atoms with E-state index in [0.29, 0.717) is 18.5 Å². The molecule has 0 spiro atoms. The molecular formula is C21H31N3O2. The number of anilines is 1. The van der Waals surface area contributed by atoms with Crippen molar-refractivity contribution in [2.24, 2.45) is 0 Å². The highest BCUT2D eigenvalue weighted by molar-refractivity contribution is 5.95. The Morgan fingerprint density at radius 1 is 1.23 bits per heavy atom. The molecule has 2 N–H and O–H groups in total. The van der Waals surface area contributed by atoms with Crippen molar-refractivity contribution < 1.29 is 9.59 Å². The smallest absolute Gasteiger partial charge is 0.322 e. The van der Waals surface area contributed by atoms with Gasteiger partial charge >= 0.3 is 6.03 Å². The average molecular weight is 357 g/mol. The van der Waals surface area contributed by atoms with E-state index in [0.717, 1.165) is 49.8 Å². The molecule has 3 rings (SSSR count). The third-order valence-corrected chi connectivity index (χ3v) is 5.30. The van der Waals surface area contributed by atoms with Gasteiger partial charge in [0.15, 0.2) is 0 Å². The number of carbonyl (C=O) groups is 2. The van der Waals surface area contributed by atoms with Gasteiger partial charge in [0.25, 0.3) is 0 Å². The third kappa shape index (κ3) is 4.19. The van der Waals surface area contributed by atoms with Gasteiger partial charge in [-0.2, -0.15) is 0 Å². The van der Waals surface area contributed by atoms with E-state index in [1.807, 2.05) is 0 Å². The largest absolute Gasteiger partial charge is 0.352 e. The monoisotopic (exact) mass is 357 g/mol. The van der Waals surface area contributed by atoms with Crippen LogP contribution in [0.5, 0.6) is 0 Å². The molecule has 0 bridgehead atoms. The maximum Gasteiger partial charge on any atom is 0.322 e. The van der Waals surface area contributed by atoms with Crippen molar-refractivity contribution in [2.45, 2.75) is 77.3 Å². The van der Waals surface area contributed by atoms with Crippen LogP contribution in [0.25, 0.3) is 0 Å². The van der Waals surface area contributed by atoms with Crippen molar-refractivity contribution in [2.75, 3.05) is 11.9 Å². The van der Waals surface area contributed by atoms with E-state index in [-0.39, 0.29) is 18.0 Å². The lowest BCUT2D eigenvalue weighted by Crippen LogP contribution is -2.48. The maximum atomic E-state index is 13.0. The summed E-state index contributed by atoms with van der Waals surface area (Å²) in [6, 6.07) is 6.08. The van der Waals surface area contributed by atoms with Crippen LogP contribution in [0.3, 0.4) is 0 Å². The van der Waals surface area contributed by atoms with Gasteiger partial charge in [-0.3, -0.25) is 4.79 Å². The number of nitrogens with zero attached hydrogens (tertiary/aromatic N) is 1. The Bertz CT molecular complexity index is 667. The first-order chi connectivity index (χ1) is 12.5. The van der Waals surface area contributed by atoms with Crippen LogP contribution in [0, 0.1) is 0 Å². The predicted octanol–water partition coefficient (Wildman–Crippen LogP) is 4.04. The predicted molar refractivity (Wildman–Crippen MR) is 104 cm³/mol. The highest BCUT2D eigenvalue weighted by atomic mass is 16.2. The van der Waals surface area contributed by atoms with Crippen LogP contribution in [0.1, 0.15) is 69.9 Å². The minimum absolute atomic E-state index is 0.00563. The minimum Gasteiger partial charge on any atom is -0.352 e. The fourth-order valence-corrected chi connectivity index (χ4v) is 3.72. The van der Waals surface area contributed by atoms with Crippen LogP contribution in [0.15, 0.2) is 18.2 Å². The summed E-state index contributed by atoms with van der Waals surface area (Å²) in [4.78, 5) is 27.2. The molecule has 3 amide bonds. The van der Waals surface area contributed by atoms with Crippen molar-refractivity contribution >= 4 is 17.6 Å². The van der Waals surface area contributed by atoms with Crippen molar-refractivity contribution in [1.29, 1.82) is 0 Å². The van der Waals surface area contributed by atoms with E-state index >= 15 is 0 Å². The van der Waals surface area contributed by atoms with Crippen LogP contribution >= 0.6 is 0 Å². The van der Waals surface area contributed by atoms with Gasteiger partial charge in [-0.15, -0.1) is 0 Å². The van der Waals surface area contributed by atoms with Crippen molar-refractivity contribution in [1.82, 2.24) is 10.2 Å². The summed E-state index contributed by atoms with van der Waals surface area (Å²) in [5.74, 6) is 0.334. The number of hydrogen-bond donors (Lipinski definition) is 2. The third-order valence-electron chi connectivity index (χ3n) is 5.30. The first kappa shape index (κ1) is 18.7.